The van der Waals surface area contributed by atoms with Crippen molar-refractivity contribution in [3.63, 3.8) is 0 Å². The lowest BCUT2D eigenvalue weighted by Crippen LogP contribution is -2.44. The van der Waals surface area contributed by atoms with Crippen LogP contribution >= 0.6 is 15.9 Å². The number of carbonyl (C=O) groups is 2. The van der Waals surface area contributed by atoms with E-state index in [0.717, 1.165) is 5.56 Å². The van der Waals surface area contributed by atoms with Crippen molar-refractivity contribution in [1.82, 2.24) is 10.6 Å². The predicted octanol–water partition coefficient (Wildman–Crippen LogP) is 2.48. The normalized spacial score (nSPS) is 11.7. The maximum atomic E-state index is 11.9. The fraction of sp³-hybridized carbons (Fsp3) is 0.200. The summed E-state index contributed by atoms with van der Waals surface area (Å²) < 4.78 is 5.59. The van der Waals surface area contributed by atoms with Crippen molar-refractivity contribution in [2.24, 2.45) is 0 Å². The van der Waals surface area contributed by atoms with Crippen molar-refractivity contribution in [1.29, 1.82) is 0 Å². The van der Waals surface area contributed by atoms with Crippen molar-refractivity contribution in [3.05, 3.63) is 58.5 Å². The third kappa shape index (κ3) is 4.46. The van der Waals surface area contributed by atoms with Gasteiger partial charge in [-0.1, -0.05) is 30.3 Å². The quantitative estimate of drug-likeness (QED) is 0.869. The zero-order chi connectivity index (χ0) is 15.2. The van der Waals surface area contributed by atoms with Gasteiger partial charge in [-0.3, -0.25) is 9.59 Å². The first-order valence-corrected chi connectivity index (χ1v) is 7.23. The molecule has 0 saturated carbocycles. The molecule has 1 atom stereocenters. The molecule has 2 N–H and O–H groups in total. The van der Waals surface area contributed by atoms with Gasteiger partial charge in [0.1, 0.15) is 6.04 Å². The summed E-state index contributed by atoms with van der Waals surface area (Å²) in [5, 5.41) is 5.35. The molecule has 2 amide bonds. The fourth-order valence-corrected chi connectivity index (χ4v) is 2.01. The summed E-state index contributed by atoms with van der Waals surface area (Å²) >= 11 is 3.12. The van der Waals surface area contributed by atoms with Gasteiger partial charge in [0, 0.05) is 6.54 Å². The summed E-state index contributed by atoms with van der Waals surface area (Å²) in [5.41, 5.74) is 0.999. The van der Waals surface area contributed by atoms with Crippen molar-refractivity contribution in [2.45, 2.75) is 19.5 Å². The van der Waals surface area contributed by atoms with Crippen molar-refractivity contribution >= 4 is 27.7 Å². The Bertz CT molecular complexity index is 625. The van der Waals surface area contributed by atoms with Crippen LogP contribution in [-0.2, 0) is 11.3 Å². The Balaban J connectivity index is 1.83. The predicted molar refractivity (Wildman–Crippen MR) is 81.6 cm³/mol. The highest BCUT2D eigenvalue weighted by Gasteiger charge is 2.18. The molecule has 6 heteroatoms. The molecule has 2 aromatic rings. The Kier molecular flexibility index (Phi) is 5.16. The molecule has 0 aliphatic heterocycles. The lowest BCUT2D eigenvalue weighted by atomic mass is 10.2. The molecule has 1 aromatic heterocycles. The Hall–Kier alpha value is -2.08. The minimum Gasteiger partial charge on any atom is -0.444 e. The van der Waals surface area contributed by atoms with Crippen LogP contribution in [0.3, 0.4) is 0 Å². The van der Waals surface area contributed by atoms with Gasteiger partial charge in [0.05, 0.1) is 0 Å². The van der Waals surface area contributed by atoms with Crippen molar-refractivity contribution in [2.75, 3.05) is 0 Å². The van der Waals surface area contributed by atoms with Gasteiger partial charge in [0.15, 0.2) is 10.4 Å². The smallest absolute Gasteiger partial charge is 0.287 e. The van der Waals surface area contributed by atoms with Gasteiger partial charge in [-0.05, 0) is 40.5 Å². The van der Waals surface area contributed by atoms with E-state index in [1.54, 1.807) is 13.0 Å². The lowest BCUT2D eigenvalue weighted by molar-refractivity contribution is -0.122. The number of benzene rings is 1. The summed E-state index contributed by atoms with van der Waals surface area (Å²) in [4.78, 5) is 23.8. The van der Waals surface area contributed by atoms with E-state index >= 15 is 0 Å². The van der Waals surface area contributed by atoms with Gasteiger partial charge < -0.3 is 15.1 Å². The molecule has 0 radical (unpaired) electrons. The molecule has 0 aliphatic rings. The SMILES string of the molecule is CC(NC(=O)c1ccc(Br)o1)C(=O)NCc1ccccc1. The average Bonchev–Trinajstić information content (AvgIpc) is 2.92. The lowest BCUT2D eigenvalue weighted by Gasteiger charge is -2.13. The second kappa shape index (κ2) is 7.08. The van der Waals surface area contributed by atoms with Crippen LogP contribution in [0.15, 0.2) is 51.6 Å². The molecule has 1 aromatic carbocycles. The molecule has 0 saturated heterocycles. The molecule has 0 bridgehead atoms. The van der Waals surface area contributed by atoms with E-state index in [-0.39, 0.29) is 11.7 Å². The van der Waals surface area contributed by atoms with Crippen LogP contribution in [0.1, 0.15) is 23.0 Å². The molecular formula is C15H15BrN2O3. The van der Waals surface area contributed by atoms with E-state index in [2.05, 4.69) is 26.6 Å². The molecular weight excluding hydrogens is 336 g/mol. The molecule has 0 fully saturated rings. The highest BCUT2D eigenvalue weighted by Crippen LogP contribution is 2.13. The Labute approximate surface area is 130 Å². The summed E-state index contributed by atoms with van der Waals surface area (Å²) in [7, 11) is 0. The van der Waals surface area contributed by atoms with Gasteiger partial charge in [0.2, 0.25) is 5.91 Å². The number of amides is 2. The molecule has 2 rings (SSSR count). The van der Waals surface area contributed by atoms with Gasteiger partial charge >= 0.3 is 0 Å². The van der Waals surface area contributed by atoms with Crippen molar-refractivity contribution in [3.8, 4) is 0 Å². The van der Waals surface area contributed by atoms with E-state index in [4.69, 9.17) is 4.42 Å². The van der Waals surface area contributed by atoms with Crippen LogP contribution in [0.25, 0.3) is 0 Å². The Morgan fingerprint density at radius 3 is 2.52 bits per heavy atom. The van der Waals surface area contributed by atoms with E-state index < -0.39 is 11.9 Å². The highest BCUT2D eigenvalue weighted by molar-refractivity contribution is 9.10. The molecule has 110 valence electrons. The largest absolute Gasteiger partial charge is 0.444 e. The third-order valence-electron chi connectivity index (χ3n) is 2.85. The minimum atomic E-state index is -0.648. The Morgan fingerprint density at radius 2 is 1.90 bits per heavy atom. The van der Waals surface area contributed by atoms with Gasteiger partial charge in [-0.2, -0.15) is 0 Å². The number of carbonyl (C=O) groups excluding carboxylic acids is 2. The summed E-state index contributed by atoms with van der Waals surface area (Å²) in [5.74, 6) is -0.523. The minimum absolute atomic E-state index is 0.157. The van der Waals surface area contributed by atoms with E-state index in [1.165, 1.54) is 6.07 Å². The van der Waals surface area contributed by atoms with Crippen LogP contribution < -0.4 is 10.6 Å². The standard InChI is InChI=1S/C15H15BrN2O3/c1-10(18-15(20)12-7-8-13(16)21-12)14(19)17-9-11-5-3-2-4-6-11/h2-8,10H,9H2,1H3,(H,17,19)(H,18,20). The monoisotopic (exact) mass is 350 g/mol. The second-order valence-electron chi connectivity index (χ2n) is 4.50. The molecule has 0 spiro atoms. The number of rotatable bonds is 5. The van der Waals surface area contributed by atoms with Crippen LogP contribution in [0.5, 0.6) is 0 Å². The van der Waals surface area contributed by atoms with Crippen LogP contribution in [0.2, 0.25) is 0 Å². The first-order valence-electron chi connectivity index (χ1n) is 6.44. The summed E-state index contributed by atoms with van der Waals surface area (Å²) in [6.45, 7) is 2.04. The topological polar surface area (TPSA) is 71.3 Å². The Morgan fingerprint density at radius 1 is 1.19 bits per heavy atom. The van der Waals surface area contributed by atoms with Gasteiger partial charge in [0.25, 0.3) is 5.91 Å². The number of hydrogen-bond acceptors (Lipinski definition) is 3. The van der Waals surface area contributed by atoms with Gasteiger partial charge in [-0.25, -0.2) is 0 Å². The molecule has 5 nitrogen and oxygen atoms in total. The molecule has 1 heterocycles. The zero-order valence-electron chi connectivity index (χ0n) is 11.4. The number of halogens is 1. The molecule has 0 aliphatic carbocycles. The van der Waals surface area contributed by atoms with Crippen LogP contribution in [-0.4, -0.2) is 17.9 Å². The van der Waals surface area contributed by atoms with Gasteiger partial charge in [-0.15, -0.1) is 0 Å². The van der Waals surface area contributed by atoms with Crippen LogP contribution in [0, 0.1) is 0 Å². The van der Waals surface area contributed by atoms with E-state index in [9.17, 15) is 9.59 Å². The van der Waals surface area contributed by atoms with Crippen molar-refractivity contribution < 1.29 is 14.0 Å². The van der Waals surface area contributed by atoms with E-state index in [1.807, 2.05) is 30.3 Å². The summed E-state index contributed by atoms with van der Waals surface area (Å²) in [6.07, 6.45) is 0. The molecule has 21 heavy (non-hydrogen) atoms. The second-order valence-corrected chi connectivity index (χ2v) is 5.28. The number of hydrogen-bond donors (Lipinski definition) is 2. The van der Waals surface area contributed by atoms with Crippen LogP contribution in [0.4, 0.5) is 0 Å². The zero-order valence-corrected chi connectivity index (χ0v) is 13.0. The number of furan rings is 1. The third-order valence-corrected chi connectivity index (χ3v) is 3.27. The first-order chi connectivity index (χ1) is 10.1. The maximum Gasteiger partial charge on any atom is 0.287 e. The first kappa shape index (κ1) is 15.3. The number of nitrogens with one attached hydrogen (secondary N) is 2. The average molecular weight is 351 g/mol. The maximum absolute atomic E-state index is 11.9. The van der Waals surface area contributed by atoms with E-state index in [0.29, 0.717) is 11.2 Å². The fourth-order valence-electron chi connectivity index (χ4n) is 1.71. The molecule has 1 unspecified atom stereocenters. The summed E-state index contributed by atoms with van der Waals surface area (Å²) in [6, 6.07) is 12.1. The highest BCUT2D eigenvalue weighted by atomic mass is 79.9.